The van der Waals surface area contributed by atoms with Gasteiger partial charge in [-0.2, -0.15) is 0 Å². The molecule has 0 saturated carbocycles. The van der Waals surface area contributed by atoms with E-state index in [1.807, 2.05) is 4.57 Å². The maximum Gasteiger partial charge on any atom is 0.167 e. The molecule has 0 unspecified atom stereocenters. The second kappa shape index (κ2) is 13.0. The van der Waals surface area contributed by atoms with Gasteiger partial charge in [0.05, 0.1) is 23.5 Å². The number of H-pyrrole nitrogens is 1. The average molecular weight is 581 g/mol. The first-order valence-electron chi connectivity index (χ1n) is 15.0. The lowest BCUT2D eigenvalue weighted by atomic mass is 9.87. The molecule has 230 valence electrons. The molecule has 0 aliphatic carbocycles. The highest BCUT2D eigenvalue weighted by molar-refractivity contribution is 5.81. The van der Waals surface area contributed by atoms with Crippen molar-refractivity contribution < 1.29 is 14.9 Å². The Hall–Kier alpha value is -3.12. The number of aromatic amines is 1. The fraction of sp³-hybridized carbons (Fsp3) is 0.613. The van der Waals surface area contributed by atoms with Crippen LogP contribution in [0.25, 0.3) is 22.2 Å². The SMILES string of the molecule is CC(C)(O)O.CC(C)N(CCCCc1nc2ccc(C(C)(C)C)cc2[nH]1)C[C@@H]1CC[C@H](n2cnc3c(N)ncnc32)O1. The fourth-order valence-corrected chi connectivity index (χ4v) is 5.18. The number of nitrogen functional groups attached to an aromatic ring is 1. The minimum Gasteiger partial charge on any atom is -0.382 e. The van der Waals surface area contributed by atoms with Gasteiger partial charge in [-0.3, -0.25) is 9.47 Å². The minimum atomic E-state index is -1.50. The van der Waals surface area contributed by atoms with Crippen LogP contribution < -0.4 is 5.73 Å². The van der Waals surface area contributed by atoms with Crippen molar-refractivity contribution in [1.29, 1.82) is 0 Å². The van der Waals surface area contributed by atoms with E-state index in [0.717, 1.165) is 67.7 Å². The number of imidazole rings is 2. The van der Waals surface area contributed by atoms with Crippen molar-refractivity contribution in [3.8, 4) is 0 Å². The average Bonchev–Trinajstić information content (AvgIpc) is 3.61. The molecular weight excluding hydrogens is 532 g/mol. The Morgan fingerprint density at radius 1 is 1.10 bits per heavy atom. The number of aryl methyl sites for hydroxylation is 1. The van der Waals surface area contributed by atoms with Crippen LogP contribution in [0.4, 0.5) is 5.82 Å². The molecule has 5 N–H and O–H groups in total. The van der Waals surface area contributed by atoms with Crippen LogP contribution in [0.15, 0.2) is 30.9 Å². The highest BCUT2D eigenvalue weighted by Crippen LogP contribution is 2.32. The molecule has 1 saturated heterocycles. The van der Waals surface area contributed by atoms with Crippen molar-refractivity contribution in [2.24, 2.45) is 0 Å². The molecule has 0 spiro atoms. The van der Waals surface area contributed by atoms with E-state index in [-0.39, 0.29) is 17.7 Å². The van der Waals surface area contributed by atoms with Gasteiger partial charge in [-0.1, -0.05) is 26.8 Å². The summed E-state index contributed by atoms with van der Waals surface area (Å²) in [6, 6.07) is 7.04. The van der Waals surface area contributed by atoms with Crippen molar-refractivity contribution in [3.05, 3.63) is 42.2 Å². The van der Waals surface area contributed by atoms with Crippen LogP contribution in [0.3, 0.4) is 0 Å². The zero-order chi connectivity index (χ0) is 30.7. The van der Waals surface area contributed by atoms with Crippen LogP contribution in [0.1, 0.15) is 91.8 Å². The zero-order valence-corrected chi connectivity index (χ0v) is 26.1. The summed E-state index contributed by atoms with van der Waals surface area (Å²) in [5, 5.41) is 16.2. The summed E-state index contributed by atoms with van der Waals surface area (Å²) in [7, 11) is 0. The van der Waals surface area contributed by atoms with Gasteiger partial charge in [0.15, 0.2) is 17.3 Å². The van der Waals surface area contributed by atoms with Gasteiger partial charge in [-0.05, 0) is 83.0 Å². The van der Waals surface area contributed by atoms with Crippen molar-refractivity contribution in [2.75, 3.05) is 18.8 Å². The predicted octanol–water partition coefficient (Wildman–Crippen LogP) is 4.70. The Morgan fingerprint density at radius 3 is 2.52 bits per heavy atom. The number of aliphatic hydroxyl groups is 2. The summed E-state index contributed by atoms with van der Waals surface area (Å²) >= 11 is 0. The third-order valence-electron chi connectivity index (χ3n) is 7.46. The molecule has 0 bridgehead atoms. The molecule has 2 atom stereocenters. The van der Waals surface area contributed by atoms with Crippen molar-refractivity contribution in [3.63, 3.8) is 0 Å². The number of ether oxygens (including phenoxy) is 1. The third-order valence-corrected chi connectivity index (χ3v) is 7.46. The smallest absolute Gasteiger partial charge is 0.167 e. The molecule has 3 aromatic heterocycles. The first-order chi connectivity index (χ1) is 19.7. The van der Waals surface area contributed by atoms with Crippen LogP contribution in [-0.4, -0.2) is 75.6 Å². The van der Waals surface area contributed by atoms with E-state index in [4.69, 9.17) is 25.7 Å². The number of nitrogens with one attached hydrogen (secondary N) is 1. The minimum absolute atomic E-state index is 0.0646. The number of nitrogens with two attached hydrogens (primary N) is 1. The van der Waals surface area contributed by atoms with Crippen molar-refractivity contribution >= 4 is 28.0 Å². The highest BCUT2D eigenvalue weighted by atomic mass is 16.5. The van der Waals surface area contributed by atoms with Crippen LogP contribution in [0.2, 0.25) is 0 Å². The van der Waals surface area contributed by atoms with Gasteiger partial charge in [-0.25, -0.2) is 19.9 Å². The summed E-state index contributed by atoms with van der Waals surface area (Å²) in [5.41, 5.74) is 11.0. The van der Waals surface area contributed by atoms with Gasteiger partial charge in [0.25, 0.3) is 0 Å². The molecule has 11 nitrogen and oxygen atoms in total. The van der Waals surface area contributed by atoms with E-state index in [9.17, 15) is 0 Å². The molecule has 42 heavy (non-hydrogen) atoms. The van der Waals surface area contributed by atoms with E-state index >= 15 is 0 Å². The molecule has 4 heterocycles. The molecule has 1 aromatic carbocycles. The molecular formula is C31H48N8O3. The standard InChI is InChI=1S/C28H40N8O.C3H8O2/c1-18(2)35(13-7-6-8-23-33-21-11-9-19(28(3,4)5)14-22(21)34-23)15-20-10-12-24(37-20)36-17-32-25-26(29)30-16-31-27(25)36;1-3(2,4)5/h9,11,14,16-18,20,24H,6-8,10,12-13,15H2,1-5H3,(H,33,34)(H2,29,30,31);4-5H,1-2H3/t20-,24+;/m0./s1. The summed E-state index contributed by atoms with van der Waals surface area (Å²) in [6.07, 6.45) is 8.53. The van der Waals surface area contributed by atoms with Gasteiger partial charge in [0, 0.05) is 19.0 Å². The fourth-order valence-electron chi connectivity index (χ4n) is 5.18. The van der Waals surface area contributed by atoms with Crippen LogP contribution in [0, 0.1) is 0 Å². The van der Waals surface area contributed by atoms with Crippen LogP contribution in [0.5, 0.6) is 0 Å². The second-order valence-electron chi connectivity index (χ2n) is 13.1. The molecule has 1 aliphatic heterocycles. The zero-order valence-electron chi connectivity index (χ0n) is 26.1. The second-order valence-corrected chi connectivity index (χ2v) is 13.1. The lowest BCUT2D eigenvalue weighted by molar-refractivity contribution is -0.127. The first-order valence-corrected chi connectivity index (χ1v) is 15.0. The molecule has 1 fully saturated rings. The number of anilines is 1. The van der Waals surface area contributed by atoms with Gasteiger partial charge in [-0.15, -0.1) is 0 Å². The van der Waals surface area contributed by atoms with Crippen LogP contribution in [-0.2, 0) is 16.6 Å². The van der Waals surface area contributed by atoms with E-state index in [1.165, 1.54) is 25.7 Å². The Labute approximate surface area is 248 Å². The lowest BCUT2D eigenvalue weighted by Crippen LogP contribution is -2.38. The summed E-state index contributed by atoms with van der Waals surface area (Å²) in [4.78, 5) is 23.7. The number of hydrogen-bond donors (Lipinski definition) is 4. The normalized spacial score (nSPS) is 17.9. The Bertz CT molecular complexity index is 1440. The van der Waals surface area contributed by atoms with Gasteiger partial charge in [0.1, 0.15) is 23.9 Å². The maximum atomic E-state index is 8.08. The molecule has 0 amide bonds. The highest BCUT2D eigenvalue weighted by Gasteiger charge is 2.30. The number of benzene rings is 1. The van der Waals surface area contributed by atoms with Gasteiger partial charge in [0.2, 0.25) is 0 Å². The van der Waals surface area contributed by atoms with Crippen molar-refractivity contribution in [2.45, 2.75) is 110 Å². The quantitative estimate of drug-likeness (QED) is 0.163. The number of nitrogens with zero attached hydrogens (tertiary/aromatic N) is 6. The molecule has 0 radical (unpaired) electrons. The van der Waals surface area contributed by atoms with E-state index in [2.05, 4.69) is 77.7 Å². The Kier molecular flexibility index (Phi) is 9.87. The Morgan fingerprint density at radius 2 is 1.83 bits per heavy atom. The van der Waals surface area contributed by atoms with Gasteiger partial charge >= 0.3 is 0 Å². The topological polar surface area (TPSA) is 151 Å². The Balaban J connectivity index is 0.000000748. The predicted molar refractivity (Wildman–Crippen MR) is 166 cm³/mol. The summed E-state index contributed by atoms with van der Waals surface area (Å²) in [5.74, 6) is -0.0160. The number of unbranched alkanes of at least 4 members (excludes halogenated alkanes) is 1. The molecule has 5 rings (SSSR count). The van der Waals surface area contributed by atoms with E-state index in [1.54, 1.807) is 6.33 Å². The lowest BCUT2D eigenvalue weighted by Gasteiger charge is -2.29. The third kappa shape index (κ3) is 8.47. The van der Waals surface area contributed by atoms with E-state index < -0.39 is 5.79 Å². The van der Waals surface area contributed by atoms with Gasteiger partial charge < -0.3 is 25.7 Å². The van der Waals surface area contributed by atoms with Crippen molar-refractivity contribution in [1.82, 2.24) is 34.4 Å². The monoisotopic (exact) mass is 580 g/mol. The van der Waals surface area contributed by atoms with Crippen LogP contribution >= 0.6 is 0 Å². The first kappa shape index (κ1) is 31.8. The van der Waals surface area contributed by atoms with E-state index in [0.29, 0.717) is 17.4 Å². The number of aromatic nitrogens is 6. The largest absolute Gasteiger partial charge is 0.382 e. The molecule has 1 aliphatic rings. The number of fused-ring (bicyclic) bond motifs is 2. The molecule has 11 heteroatoms. The number of hydrogen-bond acceptors (Lipinski definition) is 9. The maximum absolute atomic E-state index is 8.08. The summed E-state index contributed by atoms with van der Waals surface area (Å²) in [6.45, 7) is 15.8. The number of rotatable bonds is 9. The summed E-state index contributed by atoms with van der Waals surface area (Å²) < 4.78 is 8.43. The molecule has 4 aromatic rings.